The minimum Gasteiger partial charge on any atom is -0.300 e. The lowest BCUT2D eigenvalue weighted by Crippen LogP contribution is -2.40. The Morgan fingerprint density at radius 2 is 1.75 bits per heavy atom. The van der Waals surface area contributed by atoms with Crippen LogP contribution >= 0.6 is 0 Å². The van der Waals surface area contributed by atoms with Gasteiger partial charge in [-0.05, 0) is 56.3 Å². The van der Waals surface area contributed by atoms with Crippen LogP contribution in [0.5, 0.6) is 0 Å². The smallest absolute Gasteiger partial charge is 0.133 e. The molecule has 3 rings (SSSR count). The molecule has 0 aromatic heterocycles. The molecule has 2 bridgehead atoms. The number of hydrogen-bond acceptors (Lipinski definition) is 1. The van der Waals surface area contributed by atoms with E-state index in [1.807, 2.05) is 0 Å². The number of hydrogen-bond donors (Lipinski definition) is 0. The maximum absolute atomic E-state index is 11.6. The number of carbonyl (C=O) groups excluding carboxylic acids is 1. The molecule has 0 unspecified atom stereocenters. The number of ketones is 1. The van der Waals surface area contributed by atoms with Crippen LogP contribution in [0.3, 0.4) is 0 Å². The van der Waals surface area contributed by atoms with Crippen LogP contribution in [0.2, 0.25) is 0 Å². The van der Waals surface area contributed by atoms with Gasteiger partial charge in [-0.2, -0.15) is 0 Å². The van der Waals surface area contributed by atoms with E-state index in [0.29, 0.717) is 11.7 Å². The SMILES string of the molecule is CCC1=C(CC)[C@H]2[C@H]3C[C@H](C[C@H]3C(C)=O)[C@@H]12. The van der Waals surface area contributed by atoms with Gasteiger partial charge in [0, 0.05) is 5.92 Å². The van der Waals surface area contributed by atoms with Gasteiger partial charge in [-0.1, -0.05) is 25.0 Å². The van der Waals surface area contributed by atoms with Crippen LogP contribution < -0.4 is 0 Å². The number of carbonyl (C=O) groups is 1. The number of Topliss-reactive ketones (excluding diaryl/α,β-unsaturated/α-hetero) is 1. The fraction of sp³-hybridized carbons (Fsp3) is 0.800. The molecule has 16 heavy (non-hydrogen) atoms. The van der Waals surface area contributed by atoms with E-state index in [2.05, 4.69) is 13.8 Å². The summed E-state index contributed by atoms with van der Waals surface area (Å²) in [5, 5.41) is 0. The Morgan fingerprint density at radius 1 is 1.12 bits per heavy atom. The van der Waals surface area contributed by atoms with E-state index in [0.717, 1.165) is 23.7 Å². The van der Waals surface area contributed by atoms with Crippen molar-refractivity contribution in [3.63, 3.8) is 0 Å². The first-order valence-corrected chi connectivity index (χ1v) is 6.91. The highest BCUT2D eigenvalue weighted by atomic mass is 16.1. The van der Waals surface area contributed by atoms with Crippen LogP contribution in [-0.2, 0) is 4.79 Å². The maximum Gasteiger partial charge on any atom is 0.133 e. The maximum atomic E-state index is 11.6. The van der Waals surface area contributed by atoms with Crippen LogP contribution in [-0.4, -0.2) is 5.78 Å². The normalized spacial score (nSPS) is 44.6. The Labute approximate surface area is 98.3 Å². The molecular weight excluding hydrogens is 196 g/mol. The van der Waals surface area contributed by atoms with Crippen LogP contribution in [0.4, 0.5) is 0 Å². The summed E-state index contributed by atoms with van der Waals surface area (Å²) in [7, 11) is 0. The molecule has 0 saturated heterocycles. The first-order valence-electron chi connectivity index (χ1n) is 6.91. The largest absolute Gasteiger partial charge is 0.300 e. The molecule has 0 N–H and O–H groups in total. The van der Waals surface area contributed by atoms with Gasteiger partial charge < -0.3 is 0 Å². The molecule has 0 aliphatic heterocycles. The van der Waals surface area contributed by atoms with E-state index in [1.165, 1.54) is 25.7 Å². The zero-order valence-electron chi connectivity index (χ0n) is 10.6. The van der Waals surface area contributed by atoms with E-state index >= 15 is 0 Å². The summed E-state index contributed by atoms with van der Waals surface area (Å²) >= 11 is 0. The Balaban J connectivity index is 1.90. The Bertz CT molecular complexity index is 366. The Hall–Kier alpha value is -0.590. The van der Waals surface area contributed by atoms with Crippen molar-refractivity contribution in [2.45, 2.75) is 46.5 Å². The van der Waals surface area contributed by atoms with Gasteiger partial charge >= 0.3 is 0 Å². The van der Waals surface area contributed by atoms with Crippen molar-refractivity contribution >= 4 is 5.78 Å². The van der Waals surface area contributed by atoms with Gasteiger partial charge in [-0.3, -0.25) is 4.79 Å². The van der Waals surface area contributed by atoms with Crippen molar-refractivity contribution < 1.29 is 4.79 Å². The minimum absolute atomic E-state index is 0.409. The van der Waals surface area contributed by atoms with Crippen LogP contribution in [0.25, 0.3) is 0 Å². The van der Waals surface area contributed by atoms with Crippen molar-refractivity contribution in [3.05, 3.63) is 11.1 Å². The highest BCUT2D eigenvalue weighted by Gasteiger charge is 2.59. The summed E-state index contributed by atoms with van der Waals surface area (Å²) in [6.07, 6.45) is 5.00. The molecule has 0 spiro atoms. The molecule has 3 aliphatic rings. The van der Waals surface area contributed by atoms with E-state index in [4.69, 9.17) is 0 Å². The third-order valence-electron chi connectivity index (χ3n) is 5.51. The third-order valence-corrected chi connectivity index (χ3v) is 5.51. The molecule has 0 radical (unpaired) electrons. The molecule has 1 heteroatoms. The van der Waals surface area contributed by atoms with Crippen LogP contribution in [0.1, 0.15) is 46.5 Å². The van der Waals surface area contributed by atoms with Crippen molar-refractivity contribution in [3.8, 4) is 0 Å². The van der Waals surface area contributed by atoms with Gasteiger partial charge in [0.2, 0.25) is 0 Å². The monoisotopic (exact) mass is 218 g/mol. The van der Waals surface area contributed by atoms with Crippen molar-refractivity contribution in [1.82, 2.24) is 0 Å². The summed E-state index contributed by atoms with van der Waals surface area (Å²) in [5.41, 5.74) is 3.49. The van der Waals surface area contributed by atoms with Crippen molar-refractivity contribution in [1.29, 1.82) is 0 Å². The number of allylic oxidation sites excluding steroid dienone is 2. The molecule has 3 aliphatic carbocycles. The molecule has 88 valence electrons. The lowest BCUT2D eigenvalue weighted by atomic mass is 9.57. The Kier molecular flexibility index (Phi) is 2.28. The highest BCUT2D eigenvalue weighted by Crippen LogP contribution is 2.66. The molecule has 5 atom stereocenters. The zero-order valence-corrected chi connectivity index (χ0v) is 10.6. The second-order valence-corrected chi connectivity index (χ2v) is 5.92. The average Bonchev–Trinajstić information content (AvgIpc) is 2.73. The van der Waals surface area contributed by atoms with Gasteiger partial charge in [0.25, 0.3) is 0 Å². The summed E-state index contributed by atoms with van der Waals surface area (Å²) in [6.45, 7) is 6.39. The quantitative estimate of drug-likeness (QED) is 0.662. The summed E-state index contributed by atoms with van der Waals surface area (Å²) in [5.74, 6) is 4.14. The van der Waals surface area contributed by atoms with E-state index in [9.17, 15) is 4.79 Å². The van der Waals surface area contributed by atoms with Gasteiger partial charge in [-0.15, -0.1) is 0 Å². The fourth-order valence-electron chi connectivity index (χ4n) is 5.06. The van der Waals surface area contributed by atoms with E-state index < -0.39 is 0 Å². The molecular formula is C15H22O. The fourth-order valence-corrected chi connectivity index (χ4v) is 5.06. The second kappa shape index (κ2) is 3.45. The topological polar surface area (TPSA) is 17.1 Å². The molecule has 2 fully saturated rings. The Morgan fingerprint density at radius 3 is 2.31 bits per heavy atom. The molecule has 0 amide bonds. The van der Waals surface area contributed by atoms with Crippen LogP contribution in [0.15, 0.2) is 11.1 Å². The van der Waals surface area contributed by atoms with E-state index in [1.54, 1.807) is 18.1 Å². The highest BCUT2D eigenvalue weighted by molar-refractivity contribution is 5.79. The van der Waals surface area contributed by atoms with Gasteiger partial charge in [0.15, 0.2) is 0 Å². The predicted octanol–water partition coefficient (Wildman–Crippen LogP) is 3.59. The molecule has 0 aromatic carbocycles. The van der Waals surface area contributed by atoms with Gasteiger partial charge in [-0.25, -0.2) is 0 Å². The predicted molar refractivity (Wildman–Crippen MR) is 65.0 cm³/mol. The van der Waals surface area contributed by atoms with Crippen molar-refractivity contribution in [2.24, 2.45) is 29.6 Å². The average molecular weight is 218 g/mol. The number of fused-ring (bicyclic) bond motifs is 5. The third kappa shape index (κ3) is 1.10. The first kappa shape index (κ1) is 10.6. The lowest BCUT2D eigenvalue weighted by molar-refractivity contribution is -0.123. The lowest BCUT2D eigenvalue weighted by Gasteiger charge is -2.47. The van der Waals surface area contributed by atoms with Gasteiger partial charge in [0.05, 0.1) is 0 Å². The second-order valence-electron chi connectivity index (χ2n) is 5.92. The van der Waals surface area contributed by atoms with Crippen LogP contribution in [0, 0.1) is 29.6 Å². The first-order chi connectivity index (χ1) is 7.69. The van der Waals surface area contributed by atoms with E-state index in [-0.39, 0.29) is 0 Å². The number of rotatable bonds is 3. The molecule has 0 aromatic rings. The summed E-state index contributed by atoms with van der Waals surface area (Å²) in [6, 6.07) is 0. The zero-order chi connectivity index (χ0) is 11.4. The molecule has 0 heterocycles. The molecule has 2 saturated carbocycles. The minimum atomic E-state index is 0.409. The standard InChI is InChI=1S/C15H22O/c1-4-10-11(5-2)15-13-7-9(14(10)15)6-12(13)8(3)16/h9,12-15H,4-7H2,1-3H3/t9-,12-,13-,14-,15-/m0/s1. The molecule has 1 nitrogen and oxygen atoms in total. The summed E-state index contributed by atoms with van der Waals surface area (Å²) in [4.78, 5) is 11.6. The summed E-state index contributed by atoms with van der Waals surface area (Å²) < 4.78 is 0. The van der Waals surface area contributed by atoms with Crippen molar-refractivity contribution in [2.75, 3.05) is 0 Å². The van der Waals surface area contributed by atoms with Gasteiger partial charge in [0.1, 0.15) is 5.78 Å².